The van der Waals surface area contributed by atoms with Gasteiger partial charge in [0.2, 0.25) is 11.1 Å². The van der Waals surface area contributed by atoms with E-state index >= 15 is 0 Å². The standard InChI is InChI=1S/C20H24N4OS/c1-3-4-12-26-20-22-19-21-15-10-7-11-16(25)17(15)18(24(19)23-20)14-9-6-5-8-13(14)2/h5-6,8-9,18H,3-4,7,10-12H2,1-2H3,(H,21,22,23)/t18-/m0/s1. The van der Waals surface area contributed by atoms with E-state index in [0.717, 1.165) is 59.4 Å². The second kappa shape index (κ2) is 7.27. The Morgan fingerprint density at radius 2 is 2.15 bits per heavy atom. The minimum Gasteiger partial charge on any atom is -0.328 e. The lowest BCUT2D eigenvalue weighted by atomic mass is 9.84. The van der Waals surface area contributed by atoms with E-state index in [0.29, 0.717) is 6.42 Å². The van der Waals surface area contributed by atoms with E-state index in [1.165, 1.54) is 5.56 Å². The Morgan fingerprint density at radius 3 is 2.96 bits per heavy atom. The molecular weight excluding hydrogens is 344 g/mol. The highest BCUT2D eigenvalue weighted by Gasteiger charge is 2.37. The number of aromatic nitrogens is 3. The monoisotopic (exact) mass is 368 g/mol. The maximum Gasteiger partial charge on any atom is 0.227 e. The molecule has 0 fully saturated rings. The number of rotatable bonds is 5. The van der Waals surface area contributed by atoms with Gasteiger partial charge in [0, 0.05) is 23.4 Å². The number of anilines is 1. The summed E-state index contributed by atoms with van der Waals surface area (Å²) in [6.45, 7) is 4.28. The van der Waals surface area contributed by atoms with Gasteiger partial charge in [0.15, 0.2) is 5.78 Å². The number of ketones is 1. The van der Waals surface area contributed by atoms with Crippen LogP contribution in [0.2, 0.25) is 0 Å². The van der Waals surface area contributed by atoms with Crippen molar-refractivity contribution >= 4 is 23.5 Å². The molecule has 1 atom stereocenters. The second-order valence-electron chi connectivity index (χ2n) is 6.92. The Balaban J connectivity index is 1.79. The highest BCUT2D eigenvalue weighted by Crippen LogP contribution is 2.41. The molecule has 1 aliphatic heterocycles. The minimum atomic E-state index is -0.178. The van der Waals surface area contributed by atoms with Gasteiger partial charge in [-0.25, -0.2) is 4.68 Å². The van der Waals surface area contributed by atoms with E-state index in [-0.39, 0.29) is 11.8 Å². The average Bonchev–Trinajstić information content (AvgIpc) is 3.03. The van der Waals surface area contributed by atoms with Crippen LogP contribution in [0.3, 0.4) is 0 Å². The lowest BCUT2D eigenvalue weighted by Crippen LogP contribution is -2.31. The normalized spacial score (nSPS) is 19.2. The zero-order valence-corrected chi connectivity index (χ0v) is 16.1. The van der Waals surface area contributed by atoms with Crippen molar-refractivity contribution in [1.29, 1.82) is 0 Å². The molecule has 2 aliphatic rings. The van der Waals surface area contributed by atoms with E-state index in [4.69, 9.17) is 10.1 Å². The van der Waals surface area contributed by atoms with E-state index in [2.05, 4.69) is 31.3 Å². The van der Waals surface area contributed by atoms with Crippen molar-refractivity contribution in [2.24, 2.45) is 0 Å². The van der Waals surface area contributed by atoms with Gasteiger partial charge in [0.05, 0.1) is 0 Å². The molecule has 0 unspecified atom stereocenters. The van der Waals surface area contributed by atoms with Gasteiger partial charge in [-0.1, -0.05) is 49.4 Å². The number of nitrogens with zero attached hydrogens (tertiary/aromatic N) is 3. The Bertz CT molecular complexity index is 870. The molecule has 1 aromatic carbocycles. The predicted molar refractivity (Wildman–Crippen MR) is 104 cm³/mol. The highest BCUT2D eigenvalue weighted by atomic mass is 32.2. The van der Waals surface area contributed by atoms with Crippen LogP contribution in [0.4, 0.5) is 5.95 Å². The Hall–Kier alpha value is -2.08. The van der Waals surface area contributed by atoms with E-state index < -0.39 is 0 Å². The topological polar surface area (TPSA) is 59.8 Å². The van der Waals surface area contributed by atoms with Gasteiger partial charge in [-0.3, -0.25) is 4.79 Å². The van der Waals surface area contributed by atoms with Gasteiger partial charge < -0.3 is 5.32 Å². The fraction of sp³-hybridized carbons (Fsp3) is 0.450. The van der Waals surface area contributed by atoms with Crippen molar-refractivity contribution in [2.75, 3.05) is 11.1 Å². The van der Waals surface area contributed by atoms with Crippen molar-refractivity contribution in [3.8, 4) is 0 Å². The number of carbonyl (C=O) groups is 1. The summed E-state index contributed by atoms with van der Waals surface area (Å²) in [6.07, 6.45) is 4.72. The van der Waals surface area contributed by atoms with Crippen LogP contribution in [0.5, 0.6) is 0 Å². The molecule has 1 N–H and O–H groups in total. The van der Waals surface area contributed by atoms with Gasteiger partial charge in [-0.15, -0.1) is 5.10 Å². The minimum absolute atomic E-state index is 0.178. The molecule has 0 bridgehead atoms. The molecule has 0 saturated heterocycles. The molecule has 0 saturated carbocycles. The van der Waals surface area contributed by atoms with Crippen LogP contribution in [-0.2, 0) is 4.79 Å². The summed E-state index contributed by atoms with van der Waals surface area (Å²) >= 11 is 1.69. The SMILES string of the molecule is CCCCSc1nc2n(n1)[C@@H](c1ccccc1C)C1=C(CCCC1=O)N2. The Labute approximate surface area is 158 Å². The van der Waals surface area contributed by atoms with Crippen LogP contribution >= 0.6 is 11.8 Å². The summed E-state index contributed by atoms with van der Waals surface area (Å²) in [5.74, 6) is 2.00. The number of hydrogen-bond donors (Lipinski definition) is 1. The maximum atomic E-state index is 12.8. The number of thioether (sulfide) groups is 1. The molecule has 0 radical (unpaired) electrons. The van der Waals surface area contributed by atoms with Gasteiger partial charge >= 0.3 is 0 Å². The van der Waals surface area contributed by atoms with Crippen molar-refractivity contribution in [1.82, 2.24) is 14.8 Å². The largest absolute Gasteiger partial charge is 0.328 e. The second-order valence-corrected chi connectivity index (χ2v) is 7.98. The molecule has 1 aromatic heterocycles. The summed E-state index contributed by atoms with van der Waals surface area (Å²) in [5, 5.41) is 8.94. The summed E-state index contributed by atoms with van der Waals surface area (Å²) in [4.78, 5) is 17.5. The van der Waals surface area contributed by atoms with E-state index in [9.17, 15) is 4.79 Å². The van der Waals surface area contributed by atoms with Crippen molar-refractivity contribution in [2.45, 2.75) is 57.1 Å². The number of aryl methyl sites for hydroxylation is 1. The third-order valence-electron chi connectivity index (χ3n) is 5.06. The highest BCUT2D eigenvalue weighted by molar-refractivity contribution is 7.99. The quantitative estimate of drug-likeness (QED) is 0.622. The molecule has 0 amide bonds. The number of nitrogens with one attached hydrogen (secondary N) is 1. The molecular formula is C20H24N4OS. The van der Waals surface area contributed by atoms with Gasteiger partial charge in [0.25, 0.3) is 0 Å². The Kier molecular flexibility index (Phi) is 4.85. The van der Waals surface area contributed by atoms with Crippen LogP contribution in [-0.4, -0.2) is 26.3 Å². The molecule has 26 heavy (non-hydrogen) atoms. The van der Waals surface area contributed by atoms with Crippen LogP contribution in [0.15, 0.2) is 40.7 Å². The summed E-state index contributed by atoms with van der Waals surface area (Å²) in [5.41, 5.74) is 4.20. The van der Waals surface area contributed by atoms with Gasteiger partial charge in [-0.05, 0) is 37.3 Å². The van der Waals surface area contributed by atoms with Crippen LogP contribution in [0.25, 0.3) is 0 Å². The number of unbranched alkanes of at least 4 members (excludes halogenated alkanes) is 1. The third kappa shape index (κ3) is 3.07. The number of carbonyl (C=O) groups excluding carboxylic acids is 1. The Morgan fingerprint density at radius 1 is 1.31 bits per heavy atom. The molecule has 2 heterocycles. The maximum absolute atomic E-state index is 12.8. The first-order valence-corrected chi connectivity index (χ1v) is 10.4. The van der Waals surface area contributed by atoms with Gasteiger partial charge in [0.1, 0.15) is 6.04 Å². The number of benzene rings is 1. The zero-order valence-electron chi connectivity index (χ0n) is 15.3. The number of allylic oxidation sites excluding steroid dienone is 2. The molecule has 2 aromatic rings. The number of hydrogen-bond acceptors (Lipinski definition) is 5. The molecule has 0 spiro atoms. The lowest BCUT2D eigenvalue weighted by Gasteiger charge is -2.32. The van der Waals surface area contributed by atoms with Crippen molar-refractivity contribution in [3.63, 3.8) is 0 Å². The van der Waals surface area contributed by atoms with Crippen molar-refractivity contribution < 1.29 is 4.79 Å². The molecule has 1 aliphatic carbocycles. The first-order valence-electron chi connectivity index (χ1n) is 9.37. The zero-order chi connectivity index (χ0) is 18.1. The van der Waals surface area contributed by atoms with Crippen molar-refractivity contribution in [3.05, 3.63) is 46.7 Å². The number of fused-ring (bicyclic) bond motifs is 1. The summed E-state index contributed by atoms with van der Waals surface area (Å²) < 4.78 is 1.92. The molecule has 6 heteroatoms. The van der Waals surface area contributed by atoms with Crippen LogP contribution in [0.1, 0.15) is 56.2 Å². The smallest absolute Gasteiger partial charge is 0.227 e. The lowest BCUT2D eigenvalue weighted by molar-refractivity contribution is -0.116. The average molecular weight is 369 g/mol. The third-order valence-corrected chi connectivity index (χ3v) is 5.98. The fourth-order valence-corrected chi connectivity index (χ4v) is 4.60. The van der Waals surface area contributed by atoms with E-state index in [1.54, 1.807) is 11.8 Å². The first-order chi connectivity index (χ1) is 12.7. The fourth-order valence-electron chi connectivity index (χ4n) is 3.69. The molecule has 5 nitrogen and oxygen atoms in total. The molecule has 136 valence electrons. The predicted octanol–water partition coefficient (Wildman–Crippen LogP) is 4.50. The first kappa shape index (κ1) is 17.3. The summed E-state index contributed by atoms with van der Waals surface area (Å²) in [7, 11) is 0. The van der Waals surface area contributed by atoms with E-state index in [1.807, 2.05) is 16.8 Å². The van der Waals surface area contributed by atoms with Crippen LogP contribution < -0.4 is 5.32 Å². The van der Waals surface area contributed by atoms with Gasteiger partial charge in [-0.2, -0.15) is 4.98 Å². The summed E-state index contributed by atoms with van der Waals surface area (Å²) in [6, 6.07) is 8.09. The van der Waals surface area contributed by atoms with Crippen LogP contribution in [0, 0.1) is 6.92 Å². The molecule has 4 rings (SSSR count). The number of Topliss-reactive ketones (excluding diaryl/α,β-unsaturated/α-hetero) is 1.